The number of ether oxygens (including phenoxy) is 1. The van der Waals surface area contributed by atoms with Gasteiger partial charge in [0.1, 0.15) is 11.6 Å². The Morgan fingerprint density at radius 2 is 1.82 bits per heavy atom. The standard InChI is InChI=1S/C19H24FNO/c1-2-3-12-22-17-10-8-15(9-11-17)13-16(14-21)18-6-4-5-7-19(18)20/h4-11,16H,2-3,12-14,21H2,1H3. The summed E-state index contributed by atoms with van der Waals surface area (Å²) < 4.78 is 19.5. The molecule has 2 aromatic carbocycles. The zero-order chi connectivity index (χ0) is 15.8. The fourth-order valence-corrected chi connectivity index (χ4v) is 2.47. The zero-order valence-corrected chi connectivity index (χ0v) is 13.1. The van der Waals surface area contributed by atoms with Crippen molar-refractivity contribution in [2.45, 2.75) is 32.1 Å². The molecule has 0 saturated heterocycles. The lowest BCUT2D eigenvalue weighted by Gasteiger charge is -2.16. The number of hydrogen-bond acceptors (Lipinski definition) is 2. The molecule has 0 amide bonds. The van der Waals surface area contributed by atoms with E-state index in [1.807, 2.05) is 36.4 Å². The summed E-state index contributed by atoms with van der Waals surface area (Å²) in [7, 11) is 0. The lowest BCUT2D eigenvalue weighted by molar-refractivity contribution is 0.309. The highest BCUT2D eigenvalue weighted by atomic mass is 19.1. The van der Waals surface area contributed by atoms with Gasteiger partial charge in [0.25, 0.3) is 0 Å². The number of rotatable bonds is 8. The maximum Gasteiger partial charge on any atom is 0.126 e. The molecular formula is C19H24FNO. The highest BCUT2D eigenvalue weighted by Gasteiger charge is 2.14. The van der Waals surface area contributed by atoms with Gasteiger partial charge in [-0.3, -0.25) is 0 Å². The number of unbranched alkanes of at least 4 members (excludes halogenated alkanes) is 1. The van der Waals surface area contributed by atoms with E-state index in [9.17, 15) is 4.39 Å². The third-order valence-corrected chi connectivity index (χ3v) is 3.80. The van der Waals surface area contributed by atoms with Gasteiger partial charge in [0.05, 0.1) is 6.61 Å². The third kappa shape index (κ3) is 4.57. The highest BCUT2D eigenvalue weighted by molar-refractivity contribution is 5.30. The minimum atomic E-state index is -0.183. The molecule has 2 nitrogen and oxygen atoms in total. The summed E-state index contributed by atoms with van der Waals surface area (Å²) in [6.45, 7) is 3.31. The fraction of sp³-hybridized carbons (Fsp3) is 0.368. The van der Waals surface area contributed by atoms with Gasteiger partial charge in [-0.15, -0.1) is 0 Å². The molecule has 0 spiro atoms. The molecule has 0 fully saturated rings. The Labute approximate surface area is 132 Å². The number of halogens is 1. The number of hydrogen-bond donors (Lipinski definition) is 1. The van der Waals surface area contributed by atoms with Gasteiger partial charge in [-0.05, 0) is 48.7 Å². The quantitative estimate of drug-likeness (QED) is 0.738. The van der Waals surface area contributed by atoms with Crippen molar-refractivity contribution >= 4 is 0 Å². The van der Waals surface area contributed by atoms with Crippen LogP contribution in [0.5, 0.6) is 5.75 Å². The maximum atomic E-state index is 13.9. The lowest BCUT2D eigenvalue weighted by atomic mass is 9.91. The molecule has 0 aromatic heterocycles. The molecule has 2 rings (SSSR count). The fourth-order valence-electron chi connectivity index (χ4n) is 2.47. The molecule has 2 N–H and O–H groups in total. The number of benzene rings is 2. The summed E-state index contributed by atoms with van der Waals surface area (Å²) in [5, 5.41) is 0. The molecule has 0 bridgehead atoms. The summed E-state index contributed by atoms with van der Waals surface area (Å²) in [6.07, 6.45) is 2.91. The van der Waals surface area contributed by atoms with E-state index >= 15 is 0 Å². The first-order valence-electron chi connectivity index (χ1n) is 7.90. The van der Waals surface area contributed by atoms with Crippen LogP contribution in [0.1, 0.15) is 36.8 Å². The normalized spacial score (nSPS) is 12.1. The Morgan fingerprint density at radius 1 is 1.09 bits per heavy atom. The Kier molecular flexibility index (Phi) is 6.41. The molecular weight excluding hydrogens is 277 g/mol. The van der Waals surface area contributed by atoms with E-state index in [4.69, 9.17) is 10.5 Å². The summed E-state index contributed by atoms with van der Waals surface area (Å²) in [4.78, 5) is 0. The van der Waals surface area contributed by atoms with Crippen LogP contribution in [0.25, 0.3) is 0 Å². The van der Waals surface area contributed by atoms with Gasteiger partial charge in [-0.25, -0.2) is 4.39 Å². The monoisotopic (exact) mass is 301 g/mol. The summed E-state index contributed by atoms with van der Waals surface area (Å²) >= 11 is 0. The number of nitrogens with two attached hydrogens (primary N) is 1. The second-order valence-electron chi connectivity index (χ2n) is 5.50. The molecule has 22 heavy (non-hydrogen) atoms. The molecule has 1 unspecified atom stereocenters. The van der Waals surface area contributed by atoms with Crippen LogP contribution in [-0.4, -0.2) is 13.2 Å². The predicted molar refractivity (Wildman–Crippen MR) is 88.7 cm³/mol. The summed E-state index contributed by atoms with van der Waals surface area (Å²) in [6, 6.07) is 14.9. The average Bonchev–Trinajstić information content (AvgIpc) is 2.55. The van der Waals surface area contributed by atoms with Gasteiger partial charge in [0, 0.05) is 5.92 Å². The minimum absolute atomic E-state index is 0.00643. The molecule has 0 aliphatic rings. The van der Waals surface area contributed by atoms with E-state index in [-0.39, 0.29) is 11.7 Å². The van der Waals surface area contributed by atoms with Crippen LogP contribution in [-0.2, 0) is 6.42 Å². The smallest absolute Gasteiger partial charge is 0.126 e. The van der Waals surface area contributed by atoms with E-state index in [2.05, 4.69) is 6.92 Å². The second kappa shape index (κ2) is 8.54. The van der Waals surface area contributed by atoms with E-state index in [1.165, 1.54) is 6.07 Å². The Bertz CT molecular complexity index is 568. The Balaban J connectivity index is 2.01. The first kappa shape index (κ1) is 16.5. The Morgan fingerprint density at radius 3 is 2.45 bits per heavy atom. The van der Waals surface area contributed by atoms with Crippen molar-refractivity contribution in [2.24, 2.45) is 5.73 Å². The largest absolute Gasteiger partial charge is 0.494 e. The predicted octanol–water partition coefficient (Wildman–Crippen LogP) is 4.29. The van der Waals surface area contributed by atoms with Crippen LogP contribution in [0.15, 0.2) is 48.5 Å². The van der Waals surface area contributed by atoms with Crippen LogP contribution < -0.4 is 10.5 Å². The van der Waals surface area contributed by atoms with Gasteiger partial charge in [-0.1, -0.05) is 43.7 Å². The molecule has 0 radical (unpaired) electrons. The average molecular weight is 301 g/mol. The second-order valence-corrected chi connectivity index (χ2v) is 5.50. The van der Waals surface area contributed by atoms with Crippen molar-refractivity contribution in [3.05, 3.63) is 65.5 Å². The zero-order valence-electron chi connectivity index (χ0n) is 13.1. The van der Waals surface area contributed by atoms with Crippen LogP contribution >= 0.6 is 0 Å². The molecule has 1 atom stereocenters. The molecule has 0 aliphatic heterocycles. The third-order valence-electron chi connectivity index (χ3n) is 3.80. The summed E-state index contributed by atoms with van der Waals surface area (Å²) in [5.41, 5.74) is 7.67. The van der Waals surface area contributed by atoms with Gasteiger partial charge >= 0.3 is 0 Å². The highest BCUT2D eigenvalue weighted by Crippen LogP contribution is 2.23. The first-order chi connectivity index (χ1) is 10.7. The van der Waals surface area contributed by atoms with Crippen molar-refractivity contribution in [3.8, 4) is 5.75 Å². The van der Waals surface area contributed by atoms with E-state index in [1.54, 1.807) is 6.07 Å². The van der Waals surface area contributed by atoms with Crippen LogP contribution in [0.2, 0.25) is 0 Å². The van der Waals surface area contributed by atoms with Crippen LogP contribution in [0, 0.1) is 5.82 Å². The SMILES string of the molecule is CCCCOc1ccc(CC(CN)c2ccccc2F)cc1. The van der Waals surface area contributed by atoms with E-state index < -0.39 is 0 Å². The van der Waals surface area contributed by atoms with Crippen molar-refractivity contribution in [1.82, 2.24) is 0 Å². The topological polar surface area (TPSA) is 35.2 Å². The molecule has 0 saturated carbocycles. The van der Waals surface area contributed by atoms with Crippen molar-refractivity contribution in [1.29, 1.82) is 0 Å². The molecule has 118 valence electrons. The maximum absolute atomic E-state index is 13.9. The van der Waals surface area contributed by atoms with Crippen molar-refractivity contribution in [2.75, 3.05) is 13.2 Å². The van der Waals surface area contributed by atoms with Gasteiger partial charge in [0.2, 0.25) is 0 Å². The van der Waals surface area contributed by atoms with E-state index in [0.29, 0.717) is 12.1 Å². The van der Waals surface area contributed by atoms with Gasteiger partial charge in [0.15, 0.2) is 0 Å². The van der Waals surface area contributed by atoms with Gasteiger partial charge < -0.3 is 10.5 Å². The van der Waals surface area contributed by atoms with Crippen molar-refractivity contribution in [3.63, 3.8) is 0 Å². The van der Waals surface area contributed by atoms with Crippen LogP contribution in [0.3, 0.4) is 0 Å². The molecule has 0 heterocycles. The molecule has 0 aliphatic carbocycles. The minimum Gasteiger partial charge on any atom is -0.494 e. The van der Waals surface area contributed by atoms with Crippen LogP contribution in [0.4, 0.5) is 4.39 Å². The first-order valence-corrected chi connectivity index (χ1v) is 7.90. The van der Waals surface area contributed by atoms with E-state index in [0.717, 1.165) is 37.2 Å². The molecule has 2 aromatic rings. The Hall–Kier alpha value is -1.87. The molecule has 3 heteroatoms. The van der Waals surface area contributed by atoms with Gasteiger partial charge in [-0.2, -0.15) is 0 Å². The van der Waals surface area contributed by atoms with Crippen molar-refractivity contribution < 1.29 is 9.13 Å². The lowest BCUT2D eigenvalue weighted by Crippen LogP contribution is -2.16. The summed E-state index contributed by atoms with van der Waals surface area (Å²) in [5.74, 6) is 0.693.